The van der Waals surface area contributed by atoms with Gasteiger partial charge in [0.05, 0.1) is 12.0 Å². The van der Waals surface area contributed by atoms with E-state index in [9.17, 15) is 14.4 Å². The van der Waals surface area contributed by atoms with Crippen molar-refractivity contribution in [3.8, 4) is 0 Å². The summed E-state index contributed by atoms with van der Waals surface area (Å²) in [4.78, 5) is 37.2. The van der Waals surface area contributed by atoms with E-state index >= 15 is 0 Å². The van der Waals surface area contributed by atoms with E-state index in [0.29, 0.717) is 12.1 Å². The van der Waals surface area contributed by atoms with Crippen molar-refractivity contribution >= 4 is 39.4 Å². The SMILES string of the molecule is CC(C)C[C@H](NC(=O)Nc1ccc(Br)cc1)C(=O)C[C@@H](C)C(=O)OC(C)(C)C. The largest absolute Gasteiger partial charge is 0.460 e. The first-order chi connectivity index (χ1) is 12.9. The van der Waals surface area contributed by atoms with Crippen LogP contribution in [0.25, 0.3) is 0 Å². The van der Waals surface area contributed by atoms with Crippen LogP contribution in [0.15, 0.2) is 28.7 Å². The number of amides is 2. The number of ketones is 1. The molecule has 156 valence electrons. The third kappa shape index (κ3) is 9.35. The average Bonchev–Trinajstić information content (AvgIpc) is 2.54. The lowest BCUT2D eigenvalue weighted by Gasteiger charge is -2.24. The molecule has 0 spiro atoms. The Morgan fingerprint density at radius 1 is 1.07 bits per heavy atom. The fourth-order valence-electron chi connectivity index (χ4n) is 2.53. The molecular weight excluding hydrogens is 424 g/mol. The van der Waals surface area contributed by atoms with Gasteiger partial charge in [0, 0.05) is 16.6 Å². The van der Waals surface area contributed by atoms with E-state index in [1.54, 1.807) is 39.8 Å². The summed E-state index contributed by atoms with van der Waals surface area (Å²) in [5.41, 5.74) is 0.0210. The van der Waals surface area contributed by atoms with Crippen molar-refractivity contribution in [3.63, 3.8) is 0 Å². The summed E-state index contributed by atoms with van der Waals surface area (Å²) in [5, 5.41) is 5.46. The minimum atomic E-state index is -0.666. The van der Waals surface area contributed by atoms with Crippen molar-refractivity contribution in [3.05, 3.63) is 28.7 Å². The van der Waals surface area contributed by atoms with Crippen LogP contribution >= 0.6 is 15.9 Å². The molecule has 0 aliphatic carbocycles. The van der Waals surface area contributed by atoms with Gasteiger partial charge in [0.25, 0.3) is 0 Å². The number of anilines is 1. The number of hydrogen-bond donors (Lipinski definition) is 2. The van der Waals surface area contributed by atoms with Crippen molar-refractivity contribution in [2.45, 2.75) is 66.0 Å². The number of carbonyl (C=O) groups is 3. The Hall–Kier alpha value is -1.89. The molecular formula is C21H31BrN2O4. The Labute approximate surface area is 175 Å². The highest BCUT2D eigenvalue weighted by atomic mass is 79.9. The fourth-order valence-corrected chi connectivity index (χ4v) is 2.79. The zero-order valence-corrected chi connectivity index (χ0v) is 19.1. The maximum Gasteiger partial charge on any atom is 0.319 e. The lowest BCUT2D eigenvalue weighted by atomic mass is 9.94. The Balaban J connectivity index is 2.72. The maximum absolute atomic E-state index is 12.7. The van der Waals surface area contributed by atoms with E-state index < -0.39 is 29.6 Å². The van der Waals surface area contributed by atoms with Gasteiger partial charge in [-0.3, -0.25) is 9.59 Å². The predicted molar refractivity (Wildman–Crippen MR) is 114 cm³/mol. The normalized spacial score (nSPS) is 13.6. The minimum Gasteiger partial charge on any atom is -0.460 e. The average molecular weight is 455 g/mol. The number of urea groups is 1. The van der Waals surface area contributed by atoms with Crippen LogP contribution in [0.1, 0.15) is 54.4 Å². The topological polar surface area (TPSA) is 84.5 Å². The second kappa shape index (κ2) is 10.6. The zero-order chi connectivity index (χ0) is 21.5. The molecule has 2 amide bonds. The quantitative estimate of drug-likeness (QED) is 0.545. The van der Waals surface area contributed by atoms with Crippen molar-refractivity contribution in [2.75, 3.05) is 5.32 Å². The van der Waals surface area contributed by atoms with Crippen molar-refractivity contribution in [1.82, 2.24) is 5.32 Å². The molecule has 1 rings (SSSR count). The Bertz CT molecular complexity index is 681. The van der Waals surface area contributed by atoms with E-state index in [2.05, 4.69) is 26.6 Å². The minimum absolute atomic E-state index is 0.0187. The molecule has 1 aromatic carbocycles. The van der Waals surface area contributed by atoms with Gasteiger partial charge >= 0.3 is 12.0 Å². The van der Waals surface area contributed by atoms with Crippen LogP contribution in [0.3, 0.4) is 0 Å². The summed E-state index contributed by atoms with van der Waals surface area (Å²) in [7, 11) is 0. The van der Waals surface area contributed by atoms with Gasteiger partial charge in [0.1, 0.15) is 5.60 Å². The van der Waals surface area contributed by atoms with Crippen molar-refractivity contribution < 1.29 is 19.1 Å². The molecule has 0 aliphatic rings. The number of halogens is 1. The Morgan fingerprint density at radius 2 is 1.64 bits per heavy atom. The van der Waals surface area contributed by atoms with Gasteiger partial charge in [-0.1, -0.05) is 36.7 Å². The van der Waals surface area contributed by atoms with Crippen LogP contribution in [-0.2, 0) is 14.3 Å². The van der Waals surface area contributed by atoms with Gasteiger partial charge in [-0.25, -0.2) is 4.79 Å². The van der Waals surface area contributed by atoms with Crippen LogP contribution in [0, 0.1) is 11.8 Å². The summed E-state index contributed by atoms with van der Waals surface area (Å²) in [6.45, 7) is 11.0. The van der Waals surface area contributed by atoms with Gasteiger partial charge in [-0.05, 0) is 57.4 Å². The molecule has 0 aromatic heterocycles. The fraction of sp³-hybridized carbons (Fsp3) is 0.571. The molecule has 2 N–H and O–H groups in total. The smallest absolute Gasteiger partial charge is 0.319 e. The van der Waals surface area contributed by atoms with Crippen molar-refractivity contribution in [2.24, 2.45) is 11.8 Å². The first-order valence-electron chi connectivity index (χ1n) is 9.46. The molecule has 0 unspecified atom stereocenters. The van der Waals surface area contributed by atoms with E-state index in [0.717, 1.165) is 4.47 Å². The lowest BCUT2D eigenvalue weighted by Crippen LogP contribution is -2.44. The molecule has 0 saturated carbocycles. The Kier molecular flexibility index (Phi) is 9.14. The summed E-state index contributed by atoms with van der Waals surface area (Å²) >= 11 is 3.34. The summed E-state index contributed by atoms with van der Waals surface area (Å²) in [6, 6.07) is 6.02. The number of ether oxygens (including phenoxy) is 1. The molecule has 0 bridgehead atoms. The second-order valence-electron chi connectivity index (χ2n) is 8.39. The highest BCUT2D eigenvalue weighted by molar-refractivity contribution is 9.10. The number of carbonyl (C=O) groups excluding carboxylic acids is 3. The Morgan fingerprint density at radius 3 is 2.14 bits per heavy atom. The number of nitrogens with one attached hydrogen (secondary N) is 2. The maximum atomic E-state index is 12.7. The van der Waals surface area contributed by atoms with Gasteiger partial charge in [-0.2, -0.15) is 0 Å². The molecule has 1 aromatic rings. The van der Waals surface area contributed by atoms with Crippen LogP contribution in [-0.4, -0.2) is 29.4 Å². The standard InChI is InChI=1S/C21H31BrN2O4/c1-13(2)11-17(18(25)12-14(3)19(26)28-21(4,5)6)24-20(27)23-16-9-7-15(22)8-10-16/h7-10,13-14,17H,11-12H2,1-6H3,(H2,23,24,27)/t14-,17+/m1/s1. The first-order valence-corrected chi connectivity index (χ1v) is 10.3. The molecule has 0 heterocycles. The lowest BCUT2D eigenvalue weighted by molar-refractivity contribution is -0.160. The van der Waals surface area contributed by atoms with Gasteiger partial charge in [0.2, 0.25) is 0 Å². The number of rotatable bonds is 8. The third-order valence-corrected chi connectivity index (χ3v) is 4.35. The van der Waals surface area contributed by atoms with Crippen LogP contribution in [0.2, 0.25) is 0 Å². The third-order valence-electron chi connectivity index (χ3n) is 3.82. The summed E-state index contributed by atoms with van der Waals surface area (Å²) < 4.78 is 6.24. The highest BCUT2D eigenvalue weighted by Crippen LogP contribution is 2.17. The van der Waals surface area contributed by atoms with Gasteiger partial charge in [0.15, 0.2) is 5.78 Å². The highest BCUT2D eigenvalue weighted by Gasteiger charge is 2.28. The van der Waals surface area contributed by atoms with Gasteiger partial charge < -0.3 is 15.4 Å². The molecule has 0 saturated heterocycles. The van der Waals surface area contributed by atoms with Crippen LogP contribution in [0.4, 0.5) is 10.5 Å². The molecule has 0 aliphatic heterocycles. The summed E-state index contributed by atoms with van der Waals surface area (Å²) in [5.74, 6) is -0.960. The number of Topliss-reactive ketones (excluding diaryl/α,β-unsaturated/α-hetero) is 1. The molecule has 6 nitrogen and oxygen atoms in total. The van der Waals surface area contributed by atoms with Crippen molar-refractivity contribution in [1.29, 1.82) is 0 Å². The number of hydrogen-bond acceptors (Lipinski definition) is 4. The molecule has 2 atom stereocenters. The van der Waals surface area contributed by atoms with E-state index in [-0.39, 0.29) is 18.1 Å². The molecule has 0 radical (unpaired) electrons. The molecule has 7 heteroatoms. The summed E-state index contributed by atoms with van der Waals surface area (Å²) in [6.07, 6.45) is 0.512. The first kappa shape index (κ1) is 24.1. The second-order valence-corrected chi connectivity index (χ2v) is 9.31. The zero-order valence-electron chi connectivity index (χ0n) is 17.5. The van der Waals surface area contributed by atoms with E-state index in [1.165, 1.54) is 0 Å². The van der Waals surface area contributed by atoms with Gasteiger partial charge in [-0.15, -0.1) is 0 Å². The van der Waals surface area contributed by atoms with Crippen LogP contribution in [0.5, 0.6) is 0 Å². The molecule has 0 fully saturated rings. The van der Waals surface area contributed by atoms with E-state index in [1.807, 2.05) is 26.0 Å². The predicted octanol–water partition coefficient (Wildman–Crippen LogP) is 4.92. The monoisotopic (exact) mass is 454 g/mol. The molecule has 28 heavy (non-hydrogen) atoms. The number of benzene rings is 1. The number of esters is 1. The van der Waals surface area contributed by atoms with E-state index in [4.69, 9.17) is 4.74 Å². The van der Waals surface area contributed by atoms with Crippen LogP contribution < -0.4 is 10.6 Å².